The fraction of sp³-hybridized carbons (Fsp3) is 0.257. The van der Waals surface area contributed by atoms with E-state index < -0.39 is 28.5 Å². The van der Waals surface area contributed by atoms with Crippen LogP contribution in [0.25, 0.3) is 0 Å². The molecule has 0 saturated heterocycles. The summed E-state index contributed by atoms with van der Waals surface area (Å²) in [4.78, 5) is 29.9. The van der Waals surface area contributed by atoms with Gasteiger partial charge in [-0.1, -0.05) is 107 Å². The summed E-state index contributed by atoms with van der Waals surface area (Å²) in [5.74, 6) is -1.04. The van der Waals surface area contributed by atoms with E-state index in [9.17, 15) is 18.0 Å². The van der Waals surface area contributed by atoms with Gasteiger partial charge in [-0.15, -0.1) is 0 Å². The van der Waals surface area contributed by atoms with Crippen molar-refractivity contribution < 1.29 is 18.0 Å². The number of nitrogens with one attached hydrogen (secondary N) is 1. The number of amides is 2. The predicted molar refractivity (Wildman–Crippen MR) is 191 cm³/mol. The molecule has 0 unspecified atom stereocenters. The number of aryl methyl sites for hydroxylation is 1. The molecule has 0 bridgehead atoms. The van der Waals surface area contributed by atoms with Crippen molar-refractivity contribution in [3.8, 4) is 0 Å². The van der Waals surface area contributed by atoms with Crippen LogP contribution in [0.3, 0.4) is 0 Å². The number of sulfonamides is 1. The summed E-state index contributed by atoms with van der Waals surface area (Å²) in [6.45, 7) is 4.89. The van der Waals surface area contributed by atoms with Crippen LogP contribution in [0.4, 0.5) is 5.69 Å². The molecule has 2 amide bonds. The molecule has 0 aliphatic heterocycles. The van der Waals surface area contributed by atoms with Crippen LogP contribution >= 0.6 is 46.4 Å². The maximum Gasteiger partial charge on any atom is 0.264 e. The van der Waals surface area contributed by atoms with Gasteiger partial charge in [0.1, 0.15) is 12.6 Å². The summed E-state index contributed by atoms with van der Waals surface area (Å²) in [6, 6.07) is 23.5. The van der Waals surface area contributed by atoms with Crippen LogP contribution in [0.1, 0.15) is 37.0 Å². The van der Waals surface area contributed by atoms with Crippen molar-refractivity contribution in [1.82, 2.24) is 10.2 Å². The fourth-order valence-corrected chi connectivity index (χ4v) is 7.26. The van der Waals surface area contributed by atoms with Gasteiger partial charge in [-0.2, -0.15) is 0 Å². The van der Waals surface area contributed by atoms with Crippen molar-refractivity contribution in [3.63, 3.8) is 0 Å². The first-order valence-electron chi connectivity index (χ1n) is 14.9. The van der Waals surface area contributed by atoms with Gasteiger partial charge >= 0.3 is 0 Å². The molecule has 7 nitrogen and oxygen atoms in total. The van der Waals surface area contributed by atoms with Crippen LogP contribution in [-0.2, 0) is 32.6 Å². The SMILES string of the molecule is CC[C@@H](C)NC(=O)[C@@H](Cc1ccccc1)N(Cc1ccc(Cl)cc1Cl)C(=O)CN(c1cc(Cl)cc(Cl)c1)S(=O)(=O)c1ccc(C)cc1. The molecule has 248 valence electrons. The van der Waals surface area contributed by atoms with E-state index in [2.05, 4.69) is 5.32 Å². The first-order chi connectivity index (χ1) is 22.3. The molecule has 0 radical (unpaired) electrons. The monoisotopic (exact) mass is 733 g/mol. The van der Waals surface area contributed by atoms with Gasteiger partial charge < -0.3 is 10.2 Å². The molecule has 0 aliphatic carbocycles. The largest absolute Gasteiger partial charge is 0.352 e. The van der Waals surface area contributed by atoms with Gasteiger partial charge in [-0.05, 0) is 73.9 Å². The van der Waals surface area contributed by atoms with E-state index in [1.54, 1.807) is 30.3 Å². The molecule has 12 heteroatoms. The molecule has 2 atom stereocenters. The van der Waals surface area contributed by atoms with E-state index in [-0.39, 0.29) is 45.5 Å². The van der Waals surface area contributed by atoms with E-state index in [0.29, 0.717) is 22.0 Å². The fourth-order valence-electron chi connectivity index (χ4n) is 4.88. The Hall–Kier alpha value is -3.27. The molecule has 1 N–H and O–H groups in total. The van der Waals surface area contributed by atoms with Crippen molar-refractivity contribution in [3.05, 3.63) is 128 Å². The smallest absolute Gasteiger partial charge is 0.264 e. The van der Waals surface area contributed by atoms with Crippen LogP contribution < -0.4 is 9.62 Å². The molecular formula is C35H35Cl4N3O4S. The summed E-state index contributed by atoms with van der Waals surface area (Å²) in [6.07, 6.45) is 0.826. The van der Waals surface area contributed by atoms with E-state index in [1.807, 2.05) is 51.1 Å². The zero-order valence-corrected chi connectivity index (χ0v) is 29.9. The predicted octanol–water partition coefficient (Wildman–Crippen LogP) is 8.36. The molecule has 0 aromatic heterocycles. The molecule has 0 saturated carbocycles. The number of carbonyl (C=O) groups excluding carboxylic acids is 2. The van der Waals surface area contributed by atoms with Crippen LogP contribution in [0.5, 0.6) is 0 Å². The first-order valence-corrected chi connectivity index (χ1v) is 17.9. The molecule has 4 aromatic carbocycles. The van der Waals surface area contributed by atoms with Crippen LogP contribution in [0.15, 0.2) is 95.9 Å². The Morgan fingerprint density at radius 1 is 0.830 bits per heavy atom. The van der Waals surface area contributed by atoms with Gasteiger partial charge in [0.15, 0.2) is 0 Å². The Labute approximate surface area is 296 Å². The van der Waals surface area contributed by atoms with E-state index in [1.165, 1.54) is 35.2 Å². The minimum absolute atomic E-state index is 0.0327. The number of rotatable bonds is 13. The summed E-state index contributed by atoms with van der Waals surface area (Å²) >= 11 is 25.4. The highest BCUT2D eigenvalue weighted by molar-refractivity contribution is 7.92. The molecule has 0 aliphatic rings. The maximum absolute atomic E-state index is 14.6. The van der Waals surface area contributed by atoms with Gasteiger partial charge in [0.05, 0.1) is 10.6 Å². The highest BCUT2D eigenvalue weighted by Gasteiger charge is 2.35. The third-order valence-corrected chi connectivity index (χ3v) is 10.5. The van der Waals surface area contributed by atoms with Gasteiger partial charge in [0.2, 0.25) is 11.8 Å². The number of hydrogen-bond acceptors (Lipinski definition) is 4. The second-order valence-electron chi connectivity index (χ2n) is 11.2. The van der Waals surface area contributed by atoms with Gasteiger partial charge in [0, 0.05) is 39.1 Å². The average molecular weight is 736 g/mol. The van der Waals surface area contributed by atoms with Crippen molar-refractivity contribution in [2.45, 2.75) is 57.1 Å². The number of anilines is 1. The number of hydrogen-bond donors (Lipinski definition) is 1. The number of carbonyl (C=O) groups is 2. The van der Waals surface area contributed by atoms with Crippen molar-refractivity contribution in [2.24, 2.45) is 0 Å². The molecule has 0 heterocycles. The van der Waals surface area contributed by atoms with Crippen LogP contribution in [-0.4, -0.2) is 43.8 Å². The van der Waals surface area contributed by atoms with Crippen molar-refractivity contribution in [1.29, 1.82) is 0 Å². The maximum atomic E-state index is 14.6. The number of nitrogens with zero attached hydrogens (tertiary/aromatic N) is 2. The normalized spacial score (nSPS) is 12.7. The molecule has 4 rings (SSSR count). The van der Waals surface area contributed by atoms with E-state index >= 15 is 0 Å². The Balaban J connectivity index is 1.85. The highest BCUT2D eigenvalue weighted by atomic mass is 35.5. The summed E-state index contributed by atoms with van der Waals surface area (Å²) in [7, 11) is -4.32. The topological polar surface area (TPSA) is 86.8 Å². The minimum atomic E-state index is -4.32. The van der Waals surface area contributed by atoms with Crippen molar-refractivity contribution in [2.75, 3.05) is 10.8 Å². The van der Waals surface area contributed by atoms with E-state index in [4.69, 9.17) is 46.4 Å². The third-order valence-electron chi connectivity index (χ3n) is 7.65. The molecular weight excluding hydrogens is 700 g/mol. The lowest BCUT2D eigenvalue weighted by Crippen LogP contribution is -2.54. The Morgan fingerprint density at radius 3 is 2.06 bits per heavy atom. The minimum Gasteiger partial charge on any atom is -0.352 e. The van der Waals surface area contributed by atoms with Crippen LogP contribution in [0.2, 0.25) is 20.1 Å². The van der Waals surface area contributed by atoms with Crippen molar-refractivity contribution >= 4 is 73.9 Å². The quantitative estimate of drug-likeness (QED) is 0.150. The van der Waals surface area contributed by atoms with Crippen LogP contribution in [0, 0.1) is 6.92 Å². The summed E-state index contributed by atoms with van der Waals surface area (Å²) < 4.78 is 29.4. The number of benzene rings is 4. The van der Waals surface area contributed by atoms with Gasteiger partial charge in [-0.25, -0.2) is 8.42 Å². The first kappa shape index (κ1) is 36.6. The van der Waals surface area contributed by atoms with E-state index in [0.717, 1.165) is 15.4 Å². The Bertz CT molecular complexity index is 1800. The third kappa shape index (κ3) is 9.64. The van der Waals surface area contributed by atoms with Gasteiger partial charge in [-0.3, -0.25) is 13.9 Å². The molecule has 0 fully saturated rings. The zero-order chi connectivity index (χ0) is 34.3. The number of halogens is 4. The summed E-state index contributed by atoms with van der Waals surface area (Å²) in [5, 5.41) is 4.07. The standard InChI is InChI=1S/C35H35Cl4N3O4S/c1-4-24(3)40-35(44)33(16-25-8-6-5-7-9-25)41(21-26-12-13-27(36)20-32(26)39)34(43)22-42(30-18-28(37)17-29(38)19-30)47(45,46)31-14-10-23(2)11-15-31/h5-15,17-20,24,33H,4,16,21-22H2,1-3H3,(H,40,44)/t24-,33-/m1/s1. The second-order valence-corrected chi connectivity index (χ2v) is 14.8. The molecule has 0 spiro atoms. The lowest BCUT2D eigenvalue weighted by molar-refractivity contribution is -0.140. The molecule has 47 heavy (non-hydrogen) atoms. The highest BCUT2D eigenvalue weighted by Crippen LogP contribution is 2.31. The lowest BCUT2D eigenvalue weighted by atomic mass is 10.0. The Morgan fingerprint density at radius 2 is 1.47 bits per heavy atom. The average Bonchev–Trinajstić information content (AvgIpc) is 3.02. The molecule has 4 aromatic rings. The van der Waals surface area contributed by atoms with Gasteiger partial charge in [0.25, 0.3) is 10.0 Å². The lowest BCUT2D eigenvalue weighted by Gasteiger charge is -2.34. The second kappa shape index (κ2) is 16.2. The zero-order valence-electron chi connectivity index (χ0n) is 26.1. The Kier molecular flexibility index (Phi) is 12.6. The summed E-state index contributed by atoms with van der Waals surface area (Å²) in [5.41, 5.74) is 2.28.